The van der Waals surface area contributed by atoms with E-state index >= 15 is 0 Å². The maximum Gasteiger partial charge on any atom is 0.231 e. The quantitative estimate of drug-likeness (QED) is 0.614. The zero-order chi connectivity index (χ0) is 21.6. The number of halogens is 1. The first kappa shape index (κ1) is 22.9. The van der Waals surface area contributed by atoms with Crippen LogP contribution in [0.3, 0.4) is 0 Å². The van der Waals surface area contributed by atoms with E-state index < -0.39 is 10.0 Å². The highest BCUT2D eigenvalue weighted by Crippen LogP contribution is 2.21. The van der Waals surface area contributed by atoms with E-state index in [0.717, 1.165) is 44.1 Å². The molecule has 1 atom stereocenters. The molecular weight excluding hydrogens is 424 g/mol. The minimum absolute atomic E-state index is 0.00905. The average Bonchev–Trinajstić information content (AvgIpc) is 2.95. The van der Waals surface area contributed by atoms with Crippen molar-refractivity contribution in [1.82, 2.24) is 4.90 Å². The third-order valence-corrected chi connectivity index (χ3v) is 6.61. The van der Waals surface area contributed by atoms with Gasteiger partial charge in [0.1, 0.15) is 18.5 Å². The van der Waals surface area contributed by atoms with Crippen LogP contribution in [0.15, 0.2) is 48.5 Å². The molecule has 2 aromatic carbocycles. The number of sulfonamides is 1. The first-order valence-electron chi connectivity index (χ1n) is 10.1. The summed E-state index contributed by atoms with van der Waals surface area (Å²) in [7, 11) is -1.75. The third kappa shape index (κ3) is 6.87. The monoisotopic (exact) mass is 452 g/mol. The summed E-state index contributed by atoms with van der Waals surface area (Å²) in [6.45, 7) is 3.94. The number of ether oxygens (including phenoxy) is 2. The Morgan fingerprint density at radius 3 is 2.70 bits per heavy atom. The highest BCUT2D eigenvalue weighted by Gasteiger charge is 2.19. The van der Waals surface area contributed by atoms with Gasteiger partial charge in [0.05, 0.1) is 11.9 Å². The lowest BCUT2D eigenvalue weighted by Gasteiger charge is -2.24. The second-order valence-electron chi connectivity index (χ2n) is 7.56. The van der Waals surface area contributed by atoms with Crippen molar-refractivity contribution in [2.24, 2.45) is 0 Å². The number of anilines is 1. The van der Waals surface area contributed by atoms with Crippen LogP contribution in [0.25, 0.3) is 0 Å². The molecular formula is C22H29ClN2O4S. The Bertz CT molecular complexity index is 921. The van der Waals surface area contributed by atoms with Gasteiger partial charge in [-0.05, 0) is 54.8 Å². The van der Waals surface area contributed by atoms with Gasteiger partial charge in [0.25, 0.3) is 0 Å². The summed E-state index contributed by atoms with van der Waals surface area (Å²) in [5.74, 6) is 0.693. The number of hydrogen-bond acceptors (Lipinski definition) is 5. The highest BCUT2D eigenvalue weighted by molar-refractivity contribution is 7.92. The summed E-state index contributed by atoms with van der Waals surface area (Å²) in [5.41, 5.74) is 1.84. The van der Waals surface area contributed by atoms with E-state index in [1.54, 1.807) is 24.3 Å². The van der Waals surface area contributed by atoms with Crippen molar-refractivity contribution in [3.05, 3.63) is 59.1 Å². The summed E-state index contributed by atoms with van der Waals surface area (Å²) in [6.07, 6.45) is 3.12. The van der Waals surface area contributed by atoms with Crippen molar-refractivity contribution >= 4 is 27.3 Å². The molecule has 164 valence electrons. The molecule has 1 aliphatic rings. The minimum Gasteiger partial charge on any atom is -0.491 e. The third-order valence-electron chi connectivity index (χ3n) is 5.17. The van der Waals surface area contributed by atoms with Gasteiger partial charge in [0.2, 0.25) is 10.0 Å². The van der Waals surface area contributed by atoms with Crippen LogP contribution < -0.4 is 9.04 Å². The molecule has 0 bridgehead atoms. The predicted molar refractivity (Wildman–Crippen MR) is 121 cm³/mol. The zero-order valence-corrected chi connectivity index (χ0v) is 19.0. The topological polar surface area (TPSA) is 59.1 Å². The molecule has 0 N–H and O–H groups in total. The molecule has 0 radical (unpaired) electrons. The van der Waals surface area contributed by atoms with Gasteiger partial charge in [0, 0.05) is 38.3 Å². The molecule has 1 aliphatic heterocycles. The molecule has 0 saturated carbocycles. The predicted octanol–water partition coefficient (Wildman–Crippen LogP) is 3.45. The first-order valence-corrected chi connectivity index (χ1v) is 12.3. The molecule has 3 rings (SSSR count). The summed E-state index contributed by atoms with van der Waals surface area (Å²) >= 11 is 6.08. The van der Waals surface area contributed by atoms with Gasteiger partial charge >= 0.3 is 0 Å². The van der Waals surface area contributed by atoms with Gasteiger partial charge in [-0.2, -0.15) is 0 Å². The minimum atomic E-state index is -3.28. The van der Waals surface area contributed by atoms with Gasteiger partial charge in [0.15, 0.2) is 0 Å². The molecule has 1 heterocycles. The zero-order valence-electron chi connectivity index (χ0n) is 17.5. The highest BCUT2D eigenvalue weighted by atomic mass is 35.5. The van der Waals surface area contributed by atoms with Gasteiger partial charge in [-0.25, -0.2) is 8.42 Å². The van der Waals surface area contributed by atoms with Crippen molar-refractivity contribution in [3.63, 3.8) is 0 Å². The normalized spacial score (nSPS) is 18.0. The summed E-state index contributed by atoms with van der Waals surface area (Å²) < 4.78 is 36.4. The molecule has 0 unspecified atom stereocenters. The van der Waals surface area contributed by atoms with E-state index in [4.69, 9.17) is 21.1 Å². The second-order valence-corrected chi connectivity index (χ2v) is 10.0. The number of nitrogens with zero attached hydrogens (tertiary/aromatic N) is 2. The Balaban J connectivity index is 1.50. The Kier molecular flexibility index (Phi) is 7.99. The largest absolute Gasteiger partial charge is 0.491 e. The van der Waals surface area contributed by atoms with Crippen molar-refractivity contribution < 1.29 is 17.9 Å². The van der Waals surface area contributed by atoms with E-state index in [1.807, 2.05) is 18.2 Å². The Morgan fingerprint density at radius 1 is 1.23 bits per heavy atom. The van der Waals surface area contributed by atoms with Crippen LogP contribution in [0.4, 0.5) is 5.69 Å². The molecule has 0 amide bonds. The summed E-state index contributed by atoms with van der Waals surface area (Å²) in [6, 6.07) is 15.0. The van der Waals surface area contributed by atoms with Gasteiger partial charge in [-0.15, -0.1) is 0 Å². The van der Waals surface area contributed by atoms with Crippen LogP contribution in [0.5, 0.6) is 5.75 Å². The van der Waals surface area contributed by atoms with Crippen molar-refractivity contribution in [2.45, 2.75) is 18.9 Å². The maximum absolute atomic E-state index is 11.6. The standard InChI is InChI=1S/C22H29ClN2O4S/c1-24(30(2,26)27)20-7-9-21(10-8-20)29-17-22-16-25(12-4-14-28-22)13-11-18-5-3-6-19(23)15-18/h3,5-10,15,22H,4,11-14,16-17H2,1-2H3/t22-/m1/s1. The van der Waals surface area contributed by atoms with Crippen LogP contribution >= 0.6 is 11.6 Å². The SMILES string of the molecule is CN(c1ccc(OC[C@H]2CN(CCc3cccc(Cl)c3)CCCO2)cc1)S(C)(=O)=O. The molecule has 1 saturated heterocycles. The number of benzene rings is 2. The van der Waals surface area contributed by atoms with Crippen LogP contribution in [0, 0.1) is 0 Å². The Hall–Kier alpha value is -1.80. The van der Waals surface area contributed by atoms with Crippen molar-refractivity contribution in [1.29, 1.82) is 0 Å². The van der Waals surface area contributed by atoms with Crippen LogP contribution in [0.1, 0.15) is 12.0 Å². The molecule has 8 heteroatoms. The lowest BCUT2D eigenvalue weighted by molar-refractivity contribution is 0.0210. The van der Waals surface area contributed by atoms with Gasteiger partial charge < -0.3 is 14.4 Å². The van der Waals surface area contributed by atoms with Crippen molar-refractivity contribution in [3.8, 4) is 5.75 Å². The molecule has 6 nitrogen and oxygen atoms in total. The molecule has 2 aromatic rings. The number of hydrogen-bond donors (Lipinski definition) is 0. The van der Waals surface area contributed by atoms with E-state index in [0.29, 0.717) is 18.0 Å². The second kappa shape index (κ2) is 10.5. The fourth-order valence-electron chi connectivity index (χ4n) is 3.39. The van der Waals surface area contributed by atoms with E-state index in [2.05, 4.69) is 11.0 Å². The fourth-order valence-corrected chi connectivity index (χ4v) is 4.10. The molecule has 0 aliphatic carbocycles. The maximum atomic E-state index is 11.6. The smallest absolute Gasteiger partial charge is 0.231 e. The lowest BCUT2D eigenvalue weighted by Crippen LogP contribution is -2.36. The lowest BCUT2D eigenvalue weighted by atomic mass is 10.1. The Labute approximate surface area is 184 Å². The molecule has 0 spiro atoms. The average molecular weight is 453 g/mol. The van der Waals surface area contributed by atoms with Crippen LogP contribution in [-0.4, -0.2) is 65.6 Å². The summed E-state index contributed by atoms with van der Waals surface area (Å²) in [5, 5.41) is 0.770. The van der Waals surface area contributed by atoms with E-state index in [1.165, 1.54) is 23.2 Å². The molecule has 30 heavy (non-hydrogen) atoms. The first-order chi connectivity index (χ1) is 14.3. The fraction of sp³-hybridized carbons (Fsp3) is 0.455. The van der Waals surface area contributed by atoms with Crippen LogP contribution in [-0.2, 0) is 21.2 Å². The Morgan fingerprint density at radius 2 is 2.00 bits per heavy atom. The van der Waals surface area contributed by atoms with E-state index in [-0.39, 0.29) is 6.10 Å². The number of rotatable bonds is 8. The van der Waals surface area contributed by atoms with Gasteiger partial charge in [-0.1, -0.05) is 23.7 Å². The molecule has 1 fully saturated rings. The van der Waals surface area contributed by atoms with Crippen molar-refractivity contribution in [2.75, 3.05) is 50.5 Å². The molecule has 0 aromatic heterocycles. The summed E-state index contributed by atoms with van der Waals surface area (Å²) in [4.78, 5) is 2.41. The van der Waals surface area contributed by atoms with Gasteiger partial charge in [-0.3, -0.25) is 4.31 Å². The van der Waals surface area contributed by atoms with E-state index in [9.17, 15) is 8.42 Å². The van der Waals surface area contributed by atoms with Crippen LogP contribution in [0.2, 0.25) is 5.02 Å².